The molecule has 0 unspecified atom stereocenters. The average molecular weight is 220 g/mol. The highest BCUT2D eigenvalue weighted by atomic mass is 14.9. The number of H-pyrrole nitrogens is 1. The Balaban J connectivity index is 2.06. The van der Waals surface area contributed by atoms with Crippen LogP contribution < -0.4 is 0 Å². The number of aromatic nitrogens is 3. The van der Waals surface area contributed by atoms with Crippen molar-refractivity contribution in [2.45, 2.75) is 0 Å². The number of rotatable bonds is 2. The van der Waals surface area contributed by atoms with E-state index in [0.29, 0.717) is 0 Å². The van der Waals surface area contributed by atoms with Gasteiger partial charge in [0.25, 0.3) is 0 Å². The van der Waals surface area contributed by atoms with Gasteiger partial charge in [-0.2, -0.15) is 0 Å². The summed E-state index contributed by atoms with van der Waals surface area (Å²) in [4.78, 5) is 11.4. The lowest BCUT2D eigenvalue weighted by Crippen LogP contribution is -1.85. The van der Waals surface area contributed by atoms with Crippen molar-refractivity contribution in [1.82, 2.24) is 15.0 Å². The quantitative estimate of drug-likeness (QED) is 0.721. The molecule has 0 saturated carbocycles. The van der Waals surface area contributed by atoms with Crippen LogP contribution in [0.1, 0.15) is 0 Å². The Kier molecular flexibility index (Phi) is 2.43. The Hall–Kier alpha value is -2.42. The van der Waals surface area contributed by atoms with Crippen molar-refractivity contribution < 1.29 is 0 Å². The third-order valence-electron chi connectivity index (χ3n) is 2.57. The van der Waals surface area contributed by atoms with Crippen molar-refractivity contribution in [3.63, 3.8) is 0 Å². The number of pyridine rings is 1. The summed E-state index contributed by atoms with van der Waals surface area (Å²) in [6.07, 6.45) is 8.08. The van der Waals surface area contributed by atoms with Crippen LogP contribution in [0.15, 0.2) is 55.0 Å². The van der Waals surface area contributed by atoms with Gasteiger partial charge < -0.3 is 4.98 Å². The fourth-order valence-corrected chi connectivity index (χ4v) is 1.74. The number of imidazole rings is 1. The van der Waals surface area contributed by atoms with Crippen molar-refractivity contribution in [2.75, 3.05) is 0 Å². The van der Waals surface area contributed by atoms with Crippen LogP contribution in [0.5, 0.6) is 0 Å². The maximum atomic E-state index is 4.24. The highest BCUT2D eigenvalue weighted by Gasteiger charge is 2.03. The Morgan fingerprint density at radius 3 is 2.53 bits per heavy atom. The largest absolute Gasteiger partial charge is 0.344 e. The van der Waals surface area contributed by atoms with Gasteiger partial charge >= 0.3 is 0 Å². The summed E-state index contributed by atoms with van der Waals surface area (Å²) >= 11 is 0. The molecular formula is C14H10N3. The highest BCUT2D eigenvalue weighted by Crippen LogP contribution is 2.22. The lowest BCUT2D eigenvalue weighted by atomic mass is 10.1. The average Bonchev–Trinajstić information content (AvgIpc) is 2.94. The minimum Gasteiger partial charge on any atom is -0.344 e. The van der Waals surface area contributed by atoms with Gasteiger partial charge in [0.2, 0.25) is 0 Å². The summed E-state index contributed by atoms with van der Waals surface area (Å²) in [5.41, 5.74) is 3.20. The van der Waals surface area contributed by atoms with E-state index in [1.54, 1.807) is 12.4 Å². The minimum absolute atomic E-state index is 0.787. The normalized spacial score (nSPS) is 10.4. The first-order valence-electron chi connectivity index (χ1n) is 5.36. The number of aromatic amines is 1. The molecule has 0 aliphatic rings. The van der Waals surface area contributed by atoms with E-state index in [9.17, 15) is 0 Å². The van der Waals surface area contributed by atoms with E-state index in [4.69, 9.17) is 0 Å². The highest BCUT2D eigenvalue weighted by molar-refractivity contribution is 5.68. The number of benzene rings is 1. The van der Waals surface area contributed by atoms with Gasteiger partial charge in [-0.25, -0.2) is 4.98 Å². The maximum absolute atomic E-state index is 4.24. The molecule has 0 atom stereocenters. The second kappa shape index (κ2) is 4.22. The molecule has 0 bridgehead atoms. The zero-order valence-electron chi connectivity index (χ0n) is 9.09. The Bertz CT molecular complexity index is 600. The zero-order chi connectivity index (χ0) is 11.5. The van der Waals surface area contributed by atoms with Gasteiger partial charge in [-0.05, 0) is 11.6 Å². The third-order valence-corrected chi connectivity index (χ3v) is 2.57. The van der Waals surface area contributed by atoms with E-state index in [1.807, 2.05) is 24.4 Å². The maximum Gasteiger partial charge on any atom is 0.139 e. The molecule has 3 nitrogen and oxygen atoms in total. The predicted molar refractivity (Wildman–Crippen MR) is 66.1 cm³/mol. The van der Waals surface area contributed by atoms with E-state index in [-0.39, 0.29) is 0 Å². The fourth-order valence-electron chi connectivity index (χ4n) is 1.74. The van der Waals surface area contributed by atoms with Crippen molar-refractivity contribution in [1.29, 1.82) is 0 Å². The fraction of sp³-hybridized carbons (Fsp3) is 0. The summed E-state index contributed by atoms with van der Waals surface area (Å²) in [5, 5.41) is 0. The SMILES string of the molecule is [c]1c[nH]c(-c2cncc(-c3ccccc3)c2)n1. The van der Waals surface area contributed by atoms with E-state index < -0.39 is 0 Å². The predicted octanol–water partition coefficient (Wildman–Crippen LogP) is 2.94. The van der Waals surface area contributed by atoms with Crippen LogP contribution in [-0.2, 0) is 0 Å². The Morgan fingerprint density at radius 2 is 1.76 bits per heavy atom. The van der Waals surface area contributed by atoms with Gasteiger partial charge in [0.05, 0.1) is 0 Å². The van der Waals surface area contributed by atoms with Crippen molar-refractivity contribution in [3.8, 4) is 22.5 Å². The zero-order valence-corrected chi connectivity index (χ0v) is 9.09. The van der Waals surface area contributed by atoms with Gasteiger partial charge in [-0.15, -0.1) is 0 Å². The summed E-state index contributed by atoms with van der Waals surface area (Å²) < 4.78 is 0. The Labute approximate surface area is 99.2 Å². The number of hydrogen-bond acceptors (Lipinski definition) is 2. The van der Waals surface area contributed by atoms with Gasteiger partial charge in [-0.3, -0.25) is 4.98 Å². The summed E-state index contributed by atoms with van der Waals surface area (Å²) in [6.45, 7) is 0. The van der Waals surface area contributed by atoms with Gasteiger partial charge in [0, 0.05) is 29.7 Å². The first kappa shape index (κ1) is 9.78. The molecule has 0 spiro atoms. The number of nitrogens with one attached hydrogen (secondary N) is 1. The molecule has 0 aliphatic heterocycles. The molecule has 2 heterocycles. The first-order valence-corrected chi connectivity index (χ1v) is 5.36. The Morgan fingerprint density at radius 1 is 0.941 bits per heavy atom. The van der Waals surface area contributed by atoms with Gasteiger partial charge in [-0.1, -0.05) is 30.3 Å². The molecule has 3 rings (SSSR count). The molecule has 17 heavy (non-hydrogen) atoms. The monoisotopic (exact) mass is 220 g/mol. The molecule has 2 aromatic heterocycles. The molecule has 3 aromatic rings. The van der Waals surface area contributed by atoms with Crippen LogP contribution >= 0.6 is 0 Å². The topological polar surface area (TPSA) is 41.6 Å². The van der Waals surface area contributed by atoms with Crippen LogP contribution in [0.25, 0.3) is 22.5 Å². The summed E-state index contributed by atoms with van der Waals surface area (Å²) in [7, 11) is 0. The third kappa shape index (κ3) is 1.95. The van der Waals surface area contributed by atoms with Crippen LogP contribution in [-0.4, -0.2) is 15.0 Å². The minimum atomic E-state index is 0.787. The van der Waals surface area contributed by atoms with E-state index in [0.717, 1.165) is 22.5 Å². The lowest BCUT2D eigenvalue weighted by molar-refractivity contribution is 1.26. The second-order valence-electron chi connectivity index (χ2n) is 3.71. The van der Waals surface area contributed by atoms with Crippen molar-refractivity contribution in [2.24, 2.45) is 0 Å². The molecule has 0 fully saturated rings. The van der Waals surface area contributed by atoms with Crippen LogP contribution in [0, 0.1) is 6.20 Å². The lowest BCUT2D eigenvalue weighted by Gasteiger charge is -2.02. The van der Waals surface area contributed by atoms with Crippen molar-refractivity contribution in [3.05, 3.63) is 61.2 Å². The molecule has 0 aliphatic carbocycles. The molecule has 1 aromatic carbocycles. The van der Waals surface area contributed by atoms with Crippen LogP contribution in [0.3, 0.4) is 0 Å². The van der Waals surface area contributed by atoms with E-state index in [1.165, 1.54) is 0 Å². The van der Waals surface area contributed by atoms with E-state index in [2.05, 4.69) is 39.3 Å². The molecule has 0 saturated heterocycles. The van der Waals surface area contributed by atoms with Crippen molar-refractivity contribution >= 4 is 0 Å². The first-order chi connectivity index (χ1) is 8.43. The molecule has 3 heteroatoms. The van der Waals surface area contributed by atoms with E-state index >= 15 is 0 Å². The van der Waals surface area contributed by atoms with Gasteiger partial charge in [0.15, 0.2) is 0 Å². The van der Waals surface area contributed by atoms with Crippen LogP contribution in [0.2, 0.25) is 0 Å². The molecule has 1 radical (unpaired) electrons. The summed E-state index contributed by atoms with van der Waals surface area (Å²) in [6, 6.07) is 12.2. The van der Waals surface area contributed by atoms with Gasteiger partial charge in [0.1, 0.15) is 12.0 Å². The standard InChI is InChI=1S/C14H10N3/c1-2-4-11(5-3-1)12-8-13(10-15-9-12)14-16-6-7-17-14/h1-6,8-10H,(H,16,17). The molecule has 0 amide bonds. The number of hydrogen-bond donors (Lipinski definition) is 1. The second-order valence-corrected chi connectivity index (χ2v) is 3.71. The smallest absolute Gasteiger partial charge is 0.139 e. The summed E-state index contributed by atoms with van der Waals surface area (Å²) in [5.74, 6) is 0.787. The molecular weight excluding hydrogens is 210 g/mol. The van der Waals surface area contributed by atoms with Crippen LogP contribution in [0.4, 0.5) is 0 Å². The molecule has 81 valence electrons. The number of nitrogens with zero attached hydrogens (tertiary/aromatic N) is 2. The molecule has 1 N–H and O–H groups in total.